The highest BCUT2D eigenvalue weighted by Gasteiger charge is 2.29. The van der Waals surface area contributed by atoms with E-state index in [1.807, 2.05) is 30.3 Å². The van der Waals surface area contributed by atoms with Crippen molar-refractivity contribution in [1.29, 1.82) is 0 Å². The fraction of sp³-hybridized carbons (Fsp3) is 0.111. The van der Waals surface area contributed by atoms with Crippen molar-refractivity contribution in [2.45, 2.75) is 13.0 Å². The van der Waals surface area contributed by atoms with Crippen LogP contribution in [-0.4, -0.2) is 17.7 Å². The van der Waals surface area contributed by atoms with Crippen LogP contribution in [0.2, 0.25) is 0 Å². The van der Waals surface area contributed by atoms with Gasteiger partial charge in [-0.05, 0) is 25.1 Å². The Morgan fingerprint density at radius 3 is 2.19 bits per heavy atom. The van der Waals surface area contributed by atoms with Crippen LogP contribution >= 0.6 is 0 Å². The molecule has 0 bridgehead atoms. The molecule has 0 N–H and O–H groups in total. The van der Waals surface area contributed by atoms with E-state index in [9.17, 15) is 9.59 Å². The maximum absolute atomic E-state index is 12.5. The molecule has 0 heterocycles. The Bertz CT molecular complexity index is 729. The minimum absolute atomic E-state index is 0.145. The Kier molecular flexibility index (Phi) is 3.40. The van der Waals surface area contributed by atoms with Crippen LogP contribution in [0, 0.1) is 0 Å². The van der Waals surface area contributed by atoms with Crippen molar-refractivity contribution in [2.75, 3.05) is 0 Å². The predicted octanol–water partition coefficient (Wildman–Crippen LogP) is 3.46. The van der Waals surface area contributed by atoms with Gasteiger partial charge >= 0.3 is 0 Å². The maximum Gasteiger partial charge on any atom is 0.193 e. The Labute approximate surface area is 122 Å². The van der Waals surface area contributed by atoms with Gasteiger partial charge in [-0.25, -0.2) is 0 Å². The summed E-state index contributed by atoms with van der Waals surface area (Å²) in [4.78, 5) is 24.6. The molecule has 1 aliphatic rings. The minimum Gasteiger partial charge on any atom is -0.486 e. The van der Waals surface area contributed by atoms with Gasteiger partial charge in [0.2, 0.25) is 0 Å². The Morgan fingerprint density at radius 1 is 0.857 bits per heavy atom. The van der Waals surface area contributed by atoms with E-state index in [2.05, 4.69) is 0 Å². The van der Waals surface area contributed by atoms with Gasteiger partial charge in [-0.2, -0.15) is 0 Å². The van der Waals surface area contributed by atoms with Crippen LogP contribution in [0.25, 0.3) is 0 Å². The molecule has 0 fully saturated rings. The van der Waals surface area contributed by atoms with Crippen LogP contribution in [0.3, 0.4) is 0 Å². The molecular weight excluding hydrogens is 264 g/mol. The van der Waals surface area contributed by atoms with Crippen molar-refractivity contribution in [3.63, 3.8) is 0 Å². The van der Waals surface area contributed by atoms with E-state index in [1.54, 1.807) is 31.2 Å². The summed E-state index contributed by atoms with van der Waals surface area (Å²) in [5, 5.41) is 0. The summed E-state index contributed by atoms with van der Waals surface area (Å²) >= 11 is 0. The first kappa shape index (κ1) is 13.3. The van der Waals surface area contributed by atoms with Gasteiger partial charge in [-0.15, -0.1) is 0 Å². The molecule has 3 rings (SSSR count). The van der Waals surface area contributed by atoms with Gasteiger partial charge in [0.15, 0.2) is 11.6 Å². The van der Waals surface area contributed by atoms with Crippen molar-refractivity contribution in [1.82, 2.24) is 0 Å². The fourth-order valence-corrected chi connectivity index (χ4v) is 2.40. The first-order valence-corrected chi connectivity index (χ1v) is 6.78. The summed E-state index contributed by atoms with van der Waals surface area (Å²) in [5.41, 5.74) is 1.30. The third-order valence-corrected chi connectivity index (χ3v) is 3.48. The number of rotatable bonds is 3. The highest BCUT2D eigenvalue weighted by atomic mass is 16.5. The van der Waals surface area contributed by atoms with E-state index in [0.29, 0.717) is 22.4 Å². The molecular formula is C18H14O3. The maximum atomic E-state index is 12.5. The van der Waals surface area contributed by atoms with Crippen LogP contribution in [0.1, 0.15) is 27.6 Å². The molecule has 104 valence electrons. The zero-order valence-electron chi connectivity index (χ0n) is 11.6. The van der Waals surface area contributed by atoms with Crippen molar-refractivity contribution >= 4 is 11.6 Å². The zero-order chi connectivity index (χ0) is 14.8. The lowest BCUT2D eigenvalue weighted by molar-refractivity contribution is 0.0960. The standard InChI is InChI=1S/C18H14O3/c1-12(21-13-7-3-2-4-8-13)16-11-17(19)14-9-5-6-10-15(14)18(16)20/h2-12H,1H3. The molecule has 1 unspecified atom stereocenters. The number of benzene rings is 2. The average Bonchev–Trinajstić information content (AvgIpc) is 2.52. The van der Waals surface area contributed by atoms with Crippen LogP contribution in [0.4, 0.5) is 0 Å². The predicted molar refractivity (Wildman–Crippen MR) is 79.7 cm³/mol. The topological polar surface area (TPSA) is 43.4 Å². The fourth-order valence-electron chi connectivity index (χ4n) is 2.40. The summed E-state index contributed by atoms with van der Waals surface area (Å²) in [6.07, 6.45) is 0.912. The van der Waals surface area contributed by atoms with Gasteiger partial charge in [0, 0.05) is 16.7 Å². The number of hydrogen-bond acceptors (Lipinski definition) is 3. The van der Waals surface area contributed by atoms with Crippen molar-refractivity contribution in [2.24, 2.45) is 0 Å². The van der Waals surface area contributed by atoms with Crippen LogP contribution < -0.4 is 4.74 Å². The first-order valence-electron chi connectivity index (χ1n) is 6.78. The smallest absolute Gasteiger partial charge is 0.193 e. The minimum atomic E-state index is -0.475. The van der Waals surface area contributed by atoms with E-state index in [1.165, 1.54) is 6.08 Å². The molecule has 3 nitrogen and oxygen atoms in total. The molecule has 0 saturated carbocycles. The number of Topliss-reactive ketones (excluding diaryl/α,β-unsaturated/α-hetero) is 1. The molecule has 21 heavy (non-hydrogen) atoms. The van der Waals surface area contributed by atoms with Gasteiger partial charge in [-0.3, -0.25) is 9.59 Å². The Morgan fingerprint density at radius 2 is 1.48 bits per heavy atom. The highest BCUT2D eigenvalue weighted by Crippen LogP contribution is 2.25. The molecule has 0 radical (unpaired) electrons. The number of para-hydroxylation sites is 1. The highest BCUT2D eigenvalue weighted by molar-refractivity contribution is 6.24. The van der Waals surface area contributed by atoms with E-state index >= 15 is 0 Å². The number of carbonyl (C=O) groups excluding carboxylic acids is 2. The lowest BCUT2D eigenvalue weighted by Crippen LogP contribution is -2.27. The SMILES string of the molecule is CC(Oc1ccccc1)C1=CC(=O)c2ccccc2C1=O. The molecule has 0 spiro atoms. The Hall–Kier alpha value is -2.68. The third-order valence-electron chi connectivity index (χ3n) is 3.48. The zero-order valence-corrected chi connectivity index (χ0v) is 11.6. The third kappa shape index (κ3) is 2.50. The summed E-state index contributed by atoms with van der Waals surface area (Å²) in [6.45, 7) is 1.78. The molecule has 0 saturated heterocycles. The van der Waals surface area contributed by atoms with Crippen LogP contribution in [0.15, 0.2) is 66.2 Å². The van der Waals surface area contributed by atoms with Gasteiger partial charge in [0.05, 0.1) is 0 Å². The van der Waals surface area contributed by atoms with E-state index in [0.717, 1.165) is 0 Å². The summed E-state index contributed by atoms with van der Waals surface area (Å²) < 4.78 is 5.75. The molecule has 0 amide bonds. The number of carbonyl (C=O) groups is 2. The number of ether oxygens (including phenoxy) is 1. The largest absolute Gasteiger partial charge is 0.486 e. The number of fused-ring (bicyclic) bond motifs is 1. The summed E-state index contributed by atoms with van der Waals surface area (Å²) in [7, 11) is 0. The normalized spacial score (nSPS) is 15.2. The molecule has 2 aromatic carbocycles. The quantitative estimate of drug-likeness (QED) is 0.863. The van der Waals surface area contributed by atoms with E-state index in [4.69, 9.17) is 4.74 Å². The molecule has 1 aliphatic carbocycles. The number of ketones is 2. The monoisotopic (exact) mass is 278 g/mol. The lowest BCUT2D eigenvalue weighted by Gasteiger charge is -2.21. The van der Waals surface area contributed by atoms with Gasteiger partial charge < -0.3 is 4.74 Å². The lowest BCUT2D eigenvalue weighted by atomic mass is 9.87. The Balaban J connectivity index is 1.90. The second-order valence-electron chi connectivity index (χ2n) is 4.91. The molecule has 0 aromatic heterocycles. The number of allylic oxidation sites excluding steroid dienone is 1. The second-order valence-corrected chi connectivity index (χ2v) is 4.91. The summed E-state index contributed by atoms with van der Waals surface area (Å²) in [6, 6.07) is 16.1. The average molecular weight is 278 g/mol. The van der Waals surface area contributed by atoms with Gasteiger partial charge in [0.25, 0.3) is 0 Å². The molecule has 3 heteroatoms. The number of hydrogen-bond donors (Lipinski definition) is 0. The van der Waals surface area contributed by atoms with Crippen LogP contribution in [-0.2, 0) is 0 Å². The van der Waals surface area contributed by atoms with Gasteiger partial charge in [-0.1, -0.05) is 42.5 Å². The van der Waals surface area contributed by atoms with Crippen molar-refractivity contribution in [3.8, 4) is 5.75 Å². The second kappa shape index (κ2) is 5.37. The van der Waals surface area contributed by atoms with E-state index < -0.39 is 6.10 Å². The van der Waals surface area contributed by atoms with Crippen molar-refractivity contribution < 1.29 is 14.3 Å². The van der Waals surface area contributed by atoms with Gasteiger partial charge in [0.1, 0.15) is 11.9 Å². The van der Waals surface area contributed by atoms with Crippen LogP contribution in [0.5, 0.6) is 5.75 Å². The summed E-state index contributed by atoms with van der Waals surface area (Å²) in [5.74, 6) is 0.377. The molecule has 1 atom stereocenters. The van der Waals surface area contributed by atoms with E-state index in [-0.39, 0.29) is 11.6 Å². The van der Waals surface area contributed by atoms with Crippen molar-refractivity contribution in [3.05, 3.63) is 77.4 Å². The molecule has 0 aliphatic heterocycles. The molecule has 2 aromatic rings. The first-order chi connectivity index (χ1) is 10.2.